The molecule has 0 bridgehead atoms. The van der Waals surface area contributed by atoms with E-state index >= 15 is 0 Å². The van der Waals surface area contributed by atoms with Crippen molar-refractivity contribution in [2.75, 3.05) is 23.9 Å². The predicted octanol–water partition coefficient (Wildman–Crippen LogP) is 1.77. The number of likely N-dealkylation sites (tertiary alicyclic amines) is 1. The number of benzene rings is 1. The van der Waals surface area contributed by atoms with Crippen molar-refractivity contribution in [1.29, 1.82) is 0 Å². The Morgan fingerprint density at radius 3 is 2.70 bits per heavy atom. The molecule has 2 aliphatic rings. The fourth-order valence-electron chi connectivity index (χ4n) is 3.94. The molecule has 150 valence electrons. The van der Waals surface area contributed by atoms with E-state index in [0.29, 0.717) is 28.2 Å². The molecule has 9 heteroatoms. The number of carbonyl (C=O) groups excluding carboxylic acids is 1. The summed E-state index contributed by atoms with van der Waals surface area (Å²) in [5, 5.41) is 10.2. The first kappa shape index (κ1) is 19.9. The highest BCUT2D eigenvalue weighted by Gasteiger charge is 2.37. The number of phenols is 1. The van der Waals surface area contributed by atoms with Gasteiger partial charge in [-0.25, -0.2) is 13.4 Å². The van der Waals surface area contributed by atoms with Crippen LogP contribution < -0.4 is 9.03 Å². The van der Waals surface area contributed by atoms with Gasteiger partial charge in [0.25, 0.3) is 5.91 Å². The Kier molecular flexibility index (Phi) is 5.62. The summed E-state index contributed by atoms with van der Waals surface area (Å²) in [5.41, 5.74) is 0.125. The predicted molar refractivity (Wildman–Crippen MR) is 100 cm³/mol. The number of aryl methyl sites for hydroxylation is 1. The average Bonchev–Trinajstić information content (AvgIpc) is 3.07. The molecule has 0 aliphatic carbocycles. The molecule has 1 aromatic carbocycles. The first-order valence-electron chi connectivity index (χ1n) is 9.26. The molecule has 0 saturated carbocycles. The average molecular weight is 399 g/mol. The molecule has 7 nitrogen and oxygen atoms in total. The summed E-state index contributed by atoms with van der Waals surface area (Å²) in [6.45, 7) is 5.95. The first-order valence-corrected chi connectivity index (χ1v) is 10.7. The zero-order valence-electron chi connectivity index (χ0n) is 15.6. The minimum absolute atomic E-state index is 0.443. The monoisotopic (exact) mass is 399 g/mol. The van der Waals surface area contributed by atoms with Crippen molar-refractivity contribution in [1.82, 2.24) is 9.62 Å². The lowest BCUT2D eigenvalue weighted by atomic mass is 10.0. The van der Waals surface area contributed by atoms with Crippen LogP contribution in [-0.4, -0.2) is 50.0 Å². The molecule has 2 aliphatic heterocycles. The van der Waals surface area contributed by atoms with Crippen LogP contribution in [0.25, 0.3) is 0 Å². The van der Waals surface area contributed by atoms with Crippen molar-refractivity contribution in [3.05, 3.63) is 23.5 Å². The topological polar surface area (TPSA) is 89.9 Å². The molecular formula is C18H26FN3O4S. The molecule has 1 unspecified atom stereocenters. The van der Waals surface area contributed by atoms with Crippen LogP contribution in [0.2, 0.25) is 0 Å². The van der Waals surface area contributed by atoms with Gasteiger partial charge in [-0.1, -0.05) is 13.8 Å². The second-order valence-electron chi connectivity index (χ2n) is 7.71. The molecule has 1 aromatic rings. The molecule has 0 aromatic heterocycles. The highest BCUT2D eigenvalue weighted by molar-refractivity contribution is 7.92. The molecule has 2 fully saturated rings. The van der Waals surface area contributed by atoms with E-state index in [9.17, 15) is 22.7 Å². The first-order chi connectivity index (χ1) is 12.7. The van der Waals surface area contributed by atoms with Crippen LogP contribution in [0.15, 0.2) is 12.1 Å². The summed E-state index contributed by atoms with van der Waals surface area (Å²) in [6, 6.07) is 3.08. The van der Waals surface area contributed by atoms with Crippen molar-refractivity contribution >= 4 is 21.8 Å². The molecule has 1 amide bonds. The van der Waals surface area contributed by atoms with Crippen molar-refractivity contribution in [3.8, 4) is 5.75 Å². The maximum Gasteiger partial charge on any atom is 0.326 e. The van der Waals surface area contributed by atoms with E-state index in [4.69, 9.17) is 0 Å². The summed E-state index contributed by atoms with van der Waals surface area (Å²) >= 11 is 0. The number of nitrogens with zero attached hydrogens (tertiary/aromatic N) is 2. The Morgan fingerprint density at radius 2 is 2.11 bits per heavy atom. The molecule has 2 heterocycles. The number of rotatable bonds is 6. The van der Waals surface area contributed by atoms with Gasteiger partial charge in [-0.3, -0.25) is 4.79 Å². The van der Waals surface area contributed by atoms with E-state index in [0.717, 1.165) is 32.4 Å². The third-order valence-corrected chi connectivity index (χ3v) is 6.42. The number of halogens is 1. The Labute approximate surface area is 159 Å². The second-order valence-corrected chi connectivity index (χ2v) is 9.30. The lowest BCUT2D eigenvalue weighted by molar-refractivity contribution is -0.117. The third-order valence-electron chi connectivity index (χ3n) is 5.04. The Balaban J connectivity index is 1.73. The number of hydrogen-bond acceptors (Lipinski definition) is 5. The molecule has 1 atom stereocenters. The van der Waals surface area contributed by atoms with Crippen LogP contribution in [-0.2, 0) is 21.4 Å². The zero-order valence-corrected chi connectivity index (χ0v) is 16.4. The van der Waals surface area contributed by atoms with Gasteiger partial charge in [0, 0.05) is 12.6 Å². The number of aromatic hydroxyl groups is 1. The molecule has 0 spiro atoms. The lowest BCUT2D eigenvalue weighted by Gasteiger charge is -2.26. The molecule has 2 N–H and O–H groups in total. The third kappa shape index (κ3) is 4.35. The van der Waals surface area contributed by atoms with Gasteiger partial charge >= 0.3 is 10.2 Å². The van der Waals surface area contributed by atoms with E-state index < -0.39 is 39.9 Å². The van der Waals surface area contributed by atoms with Gasteiger partial charge < -0.3 is 10.0 Å². The maximum absolute atomic E-state index is 14.6. The SMILES string of the molecule is CC(C)CN1CCCC1CCc1cc(O)c(N2CC(=O)NS2(=O)=O)c(F)c1. The summed E-state index contributed by atoms with van der Waals surface area (Å²) in [6.07, 6.45) is 3.71. The molecule has 0 radical (unpaired) electrons. The highest BCUT2D eigenvalue weighted by atomic mass is 32.2. The van der Waals surface area contributed by atoms with Gasteiger partial charge in [-0.05, 0) is 55.8 Å². The van der Waals surface area contributed by atoms with Crippen LogP contribution in [0.5, 0.6) is 5.75 Å². The second kappa shape index (κ2) is 7.63. The van der Waals surface area contributed by atoms with E-state index in [1.807, 2.05) is 0 Å². The number of anilines is 1. The van der Waals surface area contributed by atoms with E-state index in [1.165, 1.54) is 12.1 Å². The van der Waals surface area contributed by atoms with Crippen LogP contribution in [0.4, 0.5) is 10.1 Å². The van der Waals surface area contributed by atoms with Crippen molar-refractivity contribution in [2.24, 2.45) is 5.92 Å². The standard InChI is InChI=1S/C18H26FN3O4S/c1-12(2)10-21-7-3-4-14(21)6-5-13-8-15(19)18(16(23)9-13)22-11-17(24)20-27(22,25)26/h8-9,12,14,23H,3-7,10-11H2,1-2H3,(H,20,24). The van der Waals surface area contributed by atoms with Crippen LogP contribution in [0.1, 0.15) is 38.7 Å². The van der Waals surface area contributed by atoms with Crippen molar-refractivity contribution in [2.45, 2.75) is 45.6 Å². The minimum atomic E-state index is -4.16. The van der Waals surface area contributed by atoms with Gasteiger partial charge in [0.15, 0.2) is 5.82 Å². The van der Waals surface area contributed by atoms with E-state index in [-0.39, 0.29) is 0 Å². The number of amides is 1. The summed E-state index contributed by atoms with van der Waals surface area (Å²) in [4.78, 5) is 13.8. The van der Waals surface area contributed by atoms with E-state index in [2.05, 4.69) is 18.7 Å². The van der Waals surface area contributed by atoms with Gasteiger partial charge in [-0.15, -0.1) is 0 Å². The van der Waals surface area contributed by atoms with Crippen molar-refractivity contribution in [3.63, 3.8) is 0 Å². The van der Waals surface area contributed by atoms with Gasteiger partial charge in [0.05, 0.1) is 0 Å². The largest absolute Gasteiger partial charge is 0.506 e. The Morgan fingerprint density at radius 1 is 1.37 bits per heavy atom. The number of hydrogen-bond donors (Lipinski definition) is 2. The Bertz CT molecular complexity index is 805. The fourth-order valence-corrected chi connectivity index (χ4v) is 5.11. The molecular weight excluding hydrogens is 373 g/mol. The summed E-state index contributed by atoms with van der Waals surface area (Å²) < 4.78 is 40.7. The smallest absolute Gasteiger partial charge is 0.326 e. The van der Waals surface area contributed by atoms with Gasteiger partial charge in [0.1, 0.15) is 18.0 Å². The maximum atomic E-state index is 14.6. The van der Waals surface area contributed by atoms with E-state index in [1.54, 1.807) is 4.72 Å². The van der Waals surface area contributed by atoms with Crippen LogP contribution in [0.3, 0.4) is 0 Å². The summed E-state index contributed by atoms with van der Waals surface area (Å²) in [5.74, 6) is -1.50. The highest BCUT2D eigenvalue weighted by Crippen LogP contribution is 2.35. The molecule has 3 rings (SSSR count). The Hall–Kier alpha value is -1.87. The van der Waals surface area contributed by atoms with Crippen LogP contribution >= 0.6 is 0 Å². The minimum Gasteiger partial charge on any atom is -0.506 e. The molecule has 27 heavy (non-hydrogen) atoms. The number of carbonyl (C=O) groups is 1. The number of phenolic OH excluding ortho intramolecular Hbond substituents is 1. The fraction of sp³-hybridized carbons (Fsp3) is 0.611. The van der Waals surface area contributed by atoms with Crippen molar-refractivity contribution < 1.29 is 22.7 Å². The normalized spacial score (nSPS) is 22.6. The summed E-state index contributed by atoms with van der Waals surface area (Å²) in [7, 11) is -4.16. The quantitative estimate of drug-likeness (QED) is 0.761. The zero-order chi connectivity index (χ0) is 19.8. The lowest BCUT2D eigenvalue weighted by Crippen LogP contribution is -2.33. The molecule has 2 saturated heterocycles. The number of nitrogens with one attached hydrogen (secondary N) is 1. The van der Waals surface area contributed by atoms with Crippen LogP contribution in [0, 0.1) is 11.7 Å². The van der Waals surface area contributed by atoms with Gasteiger partial charge in [-0.2, -0.15) is 8.42 Å². The van der Waals surface area contributed by atoms with Gasteiger partial charge in [0.2, 0.25) is 0 Å².